The third-order valence-electron chi connectivity index (χ3n) is 4.95. The summed E-state index contributed by atoms with van der Waals surface area (Å²) in [5.74, 6) is 0.644. The topological polar surface area (TPSA) is 109 Å². The average molecular weight is 493 g/mol. The number of nitrogens with zero attached hydrogens (tertiary/aromatic N) is 6. The van der Waals surface area contributed by atoms with Crippen molar-refractivity contribution < 1.29 is 14.1 Å². The number of benzene rings is 2. The molecule has 2 aromatic heterocycles. The van der Waals surface area contributed by atoms with Gasteiger partial charge in [0, 0.05) is 29.9 Å². The normalized spacial score (nSPS) is 10.8. The van der Waals surface area contributed by atoms with Crippen LogP contribution in [0.15, 0.2) is 77.4 Å². The minimum Gasteiger partial charge on any atom is -0.483 e. The monoisotopic (exact) mass is 492 g/mol. The third kappa shape index (κ3) is 5.69. The van der Waals surface area contributed by atoms with Gasteiger partial charge in [-0.15, -0.1) is 16.8 Å². The summed E-state index contributed by atoms with van der Waals surface area (Å²) in [5, 5.41) is 20.7. The number of hydrogen-bond acceptors (Lipinski definition) is 8. The molecule has 9 nitrogen and oxygen atoms in total. The fraction of sp³-hybridized carbons (Fsp3) is 0.167. The van der Waals surface area contributed by atoms with Crippen LogP contribution < -0.4 is 4.74 Å². The third-order valence-corrected chi connectivity index (χ3v) is 5.85. The molecule has 0 amide bonds. The van der Waals surface area contributed by atoms with Crippen molar-refractivity contribution in [3.63, 3.8) is 0 Å². The van der Waals surface area contributed by atoms with Crippen LogP contribution in [0.4, 0.5) is 10.1 Å². The molecule has 0 radical (unpaired) electrons. The van der Waals surface area contributed by atoms with E-state index in [4.69, 9.17) is 4.74 Å². The largest absolute Gasteiger partial charge is 0.483 e. The molecule has 2 aromatic carbocycles. The molecule has 4 aromatic rings. The maximum Gasteiger partial charge on any atom is 0.269 e. The van der Waals surface area contributed by atoms with E-state index in [0.29, 0.717) is 40.4 Å². The van der Waals surface area contributed by atoms with E-state index in [9.17, 15) is 14.5 Å². The van der Waals surface area contributed by atoms with Crippen LogP contribution in [0.1, 0.15) is 18.4 Å². The second kappa shape index (κ2) is 10.9. The highest BCUT2D eigenvalue weighted by molar-refractivity contribution is 7.99. The highest BCUT2D eigenvalue weighted by Gasteiger charge is 2.16. The van der Waals surface area contributed by atoms with Crippen molar-refractivity contribution in [1.29, 1.82) is 0 Å². The second-order valence-electron chi connectivity index (χ2n) is 7.30. The van der Waals surface area contributed by atoms with Crippen LogP contribution in [0, 0.1) is 15.9 Å². The molecule has 0 N–H and O–H groups in total. The summed E-state index contributed by atoms with van der Waals surface area (Å²) in [6.07, 6.45) is 2.39. The number of non-ortho nitro benzene ring substituents is 1. The van der Waals surface area contributed by atoms with E-state index in [1.165, 1.54) is 30.0 Å². The second-order valence-corrected chi connectivity index (χ2v) is 8.29. The molecular weight excluding hydrogens is 471 g/mol. The Bertz CT molecular complexity index is 1360. The first kappa shape index (κ1) is 24.0. The number of nitro benzene ring substituents is 1. The fourth-order valence-corrected chi connectivity index (χ4v) is 4.06. The molecule has 0 fully saturated rings. The Kier molecular flexibility index (Phi) is 7.46. The molecule has 0 saturated heterocycles. The molecule has 11 heteroatoms. The first-order chi connectivity index (χ1) is 17.0. The Hall–Kier alpha value is -4.12. The van der Waals surface area contributed by atoms with E-state index >= 15 is 0 Å². The Morgan fingerprint density at radius 2 is 1.94 bits per heavy atom. The molecule has 0 spiro atoms. The zero-order valence-electron chi connectivity index (χ0n) is 18.8. The van der Waals surface area contributed by atoms with Gasteiger partial charge in [-0.2, -0.15) is 0 Å². The minimum atomic E-state index is -0.455. The molecule has 2 heterocycles. The van der Waals surface area contributed by atoms with Crippen LogP contribution in [-0.4, -0.2) is 29.7 Å². The molecule has 178 valence electrons. The lowest BCUT2D eigenvalue weighted by atomic mass is 10.2. The van der Waals surface area contributed by atoms with E-state index in [-0.39, 0.29) is 18.0 Å². The van der Waals surface area contributed by atoms with Gasteiger partial charge in [0.25, 0.3) is 5.69 Å². The molecule has 4 rings (SSSR count). The molecule has 0 aliphatic carbocycles. The SMILES string of the molecule is C=CCn1c(COc2ccccc2F)nnc1Sc1cc(CC)nc(-c2ccc([N+](=O)[O-])cc2)n1. The molecule has 0 aliphatic rings. The Labute approximate surface area is 204 Å². The van der Waals surface area contributed by atoms with E-state index in [0.717, 1.165) is 5.69 Å². The first-order valence-electron chi connectivity index (χ1n) is 10.7. The summed E-state index contributed by atoms with van der Waals surface area (Å²) in [5.41, 5.74) is 1.48. The van der Waals surface area contributed by atoms with Crippen molar-refractivity contribution in [1.82, 2.24) is 24.7 Å². The number of halogens is 1. The summed E-state index contributed by atoms with van der Waals surface area (Å²) in [6.45, 7) is 6.23. The van der Waals surface area contributed by atoms with Crippen molar-refractivity contribution in [3.05, 3.63) is 94.7 Å². The highest BCUT2D eigenvalue weighted by atomic mass is 32.2. The van der Waals surface area contributed by atoms with Crippen molar-refractivity contribution in [3.8, 4) is 17.1 Å². The molecule has 0 unspecified atom stereocenters. The van der Waals surface area contributed by atoms with E-state index in [2.05, 4.69) is 26.7 Å². The van der Waals surface area contributed by atoms with Gasteiger partial charge < -0.3 is 4.74 Å². The summed E-state index contributed by atoms with van der Waals surface area (Å²) in [7, 11) is 0. The maximum absolute atomic E-state index is 13.9. The number of aryl methyl sites for hydroxylation is 1. The molecule has 0 atom stereocenters. The quantitative estimate of drug-likeness (QED) is 0.128. The first-order valence-corrected chi connectivity index (χ1v) is 11.5. The fourth-order valence-electron chi connectivity index (χ4n) is 3.18. The lowest BCUT2D eigenvalue weighted by molar-refractivity contribution is -0.384. The molecular formula is C24H21FN6O3S. The van der Waals surface area contributed by atoms with Gasteiger partial charge >= 0.3 is 0 Å². The number of allylic oxidation sites excluding steroid dienone is 1. The van der Waals surface area contributed by atoms with Crippen molar-refractivity contribution in [2.24, 2.45) is 0 Å². The molecule has 0 aliphatic heterocycles. The van der Waals surface area contributed by atoms with Crippen LogP contribution in [0.25, 0.3) is 11.4 Å². The van der Waals surface area contributed by atoms with Crippen molar-refractivity contribution in [2.45, 2.75) is 36.7 Å². The number of aromatic nitrogens is 5. The predicted molar refractivity (Wildman–Crippen MR) is 129 cm³/mol. The Morgan fingerprint density at radius 1 is 1.17 bits per heavy atom. The summed E-state index contributed by atoms with van der Waals surface area (Å²) in [4.78, 5) is 19.7. The van der Waals surface area contributed by atoms with Crippen LogP contribution in [0.5, 0.6) is 5.75 Å². The number of nitro groups is 1. The lowest BCUT2D eigenvalue weighted by Crippen LogP contribution is -2.08. The number of ether oxygens (including phenoxy) is 1. The van der Waals surface area contributed by atoms with Crippen LogP contribution in [-0.2, 0) is 19.6 Å². The van der Waals surface area contributed by atoms with E-state index in [1.54, 1.807) is 36.4 Å². The minimum absolute atomic E-state index is 0.00217. The number of hydrogen-bond donors (Lipinski definition) is 0. The molecule has 0 bridgehead atoms. The summed E-state index contributed by atoms with van der Waals surface area (Å²) >= 11 is 1.30. The number of para-hydroxylation sites is 1. The van der Waals surface area contributed by atoms with Crippen molar-refractivity contribution >= 4 is 17.4 Å². The zero-order chi connectivity index (χ0) is 24.8. The van der Waals surface area contributed by atoms with Gasteiger partial charge in [0.2, 0.25) is 0 Å². The van der Waals surface area contributed by atoms with Crippen LogP contribution in [0.3, 0.4) is 0 Å². The van der Waals surface area contributed by atoms with E-state index < -0.39 is 10.7 Å². The van der Waals surface area contributed by atoms with Crippen molar-refractivity contribution in [2.75, 3.05) is 0 Å². The Morgan fingerprint density at radius 3 is 2.63 bits per heavy atom. The average Bonchev–Trinajstić information content (AvgIpc) is 3.24. The van der Waals surface area contributed by atoms with Gasteiger partial charge in [-0.25, -0.2) is 14.4 Å². The Balaban J connectivity index is 1.60. The van der Waals surface area contributed by atoms with Gasteiger partial charge in [-0.05, 0) is 48.5 Å². The molecule has 0 saturated carbocycles. The zero-order valence-corrected chi connectivity index (χ0v) is 19.6. The number of rotatable bonds is 10. The van der Waals surface area contributed by atoms with Gasteiger partial charge in [-0.3, -0.25) is 14.7 Å². The van der Waals surface area contributed by atoms with E-state index in [1.807, 2.05) is 17.6 Å². The van der Waals surface area contributed by atoms with Gasteiger partial charge in [0.1, 0.15) is 11.6 Å². The highest BCUT2D eigenvalue weighted by Crippen LogP contribution is 2.29. The maximum atomic E-state index is 13.9. The van der Waals surface area contributed by atoms with Gasteiger partial charge in [-0.1, -0.05) is 25.1 Å². The smallest absolute Gasteiger partial charge is 0.269 e. The van der Waals surface area contributed by atoms with Crippen LogP contribution in [0.2, 0.25) is 0 Å². The van der Waals surface area contributed by atoms with Gasteiger partial charge in [0.15, 0.2) is 28.4 Å². The standard InChI is InChI=1S/C24H21FN6O3S/c1-3-13-30-21(15-34-20-8-6-5-7-19(20)25)28-29-24(30)35-22-14-17(4-2)26-23(27-22)16-9-11-18(12-10-16)31(32)33/h3,5-12,14H,1,4,13,15H2,2H3. The van der Waals surface area contributed by atoms with Crippen LogP contribution >= 0.6 is 11.8 Å². The predicted octanol–water partition coefficient (Wildman–Crippen LogP) is 5.26. The summed E-state index contributed by atoms with van der Waals surface area (Å²) < 4.78 is 21.3. The lowest BCUT2D eigenvalue weighted by Gasteiger charge is -2.10. The summed E-state index contributed by atoms with van der Waals surface area (Å²) in [6, 6.07) is 14.1. The molecule has 35 heavy (non-hydrogen) atoms. The van der Waals surface area contributed by atoms with Gasteiger partial charge in [0.05, 0.1) is 4.92 Å².